The number of halogens is 1. The third kappa shape index (κ3) is 3.86. The van der Waals surface area contributed by atoms with Crippen molar-refractivity contribution in [2.45, 2.75) is 25.9 Å². The predicted molar refractivity (Wildman–Crippen MR) is 74.7 cm³/mol. The van der Waals surface area contributed by atoms with E-state index in [2.05, 4.69) is 33.9 Å². The molecular formula is C14H18ClN3. The highest BCUT2D eigenvalue weighted by atomic mass is 35.5. The molecule has 2 rings (SSSR count). The number of hydrogen-bond donors (Lipinski definition) is 1. The van der Waals surface area contributed by atoms with Crippen molar-refractivity contribution in [3.63, 3.8) is 0 Å². The van der Waals surface area contributed by atoms with Crippen LogP contribution >= 0.6 is 11.6 Å². The molecule has 0 radical (unpaired) electrons. The zero-order chi connectivity index (χ0) is 12.8. The minimum absolute atomic E-state index is 0.352. The number of nitrogens with zero attached hydrogens (tertiary/aromatic N) is 2. The fourth-order valence-corrected chi connectivity index (χ4v) is 1.99. The Bertz CT molecular complexity index is 450. The highest BCUT2D eigenvalue weighted by Crippen LogP contribution is 2.15. The number of benzene rings is 1. The molecule has 0 fully saturated rings. The molecule has 18 heavy (non-hydrogen) atoms. The quantitative estimate of drug-likeness (QED) is 0.811. The molecule has 96 valence electrons. The maximum Gasteiger partial charge on any atom is 0.0945 e. The number of aryl methyl sites for hydroxylation is 1. The molecule has 1 aromatic heterocycles. The van der Waals surface area contributed by atoms with E-state index in [1.807, 2.05) is 30.9 Å². The zero-order valence-corrected chi connectivity index (χ0v) is 11.3. The second kappa shape index (κ2) is 6.57. The Morgan fingerprint density at radius 3 is 2.78 bits per heavy atom. The van der Waals surface area contributed by atoms with E-state index in [-0.39, 0.29) is 0 Å². The van der Waals surface area contributed by atoms with Crippen LogP contribution in [0, 0.1) is 0 Å². The highest BCUT2D eigenvalue weighted by Gasteiger charge is 2.03. The molecule has 0 aliphatic carbocycles. The van der Waals surface area contributed by atoms with E-state index in [0.717, 1.165) is 24.5 Å². The van der Waals surface area contributed by atoms with Crippen molar-refractivity contribution in [2.24, 2.45) is 0 Å². The van der Waals surface area contributed by atoms with Gasteiger partial charge in [0.1, 0.15) is 0 Å². The summed E-state index contributed by atoms with van der Waals surface area (Å²) in [5, 5.41) is 4.29. The fourth-order valence-electron chi connectivity index (χ4n) is 1.87. The molecule has 0 amide bonds. The van der Waals surface area contributed by atoms with Crippen molar-refractivity contribution in [2.75, 3.05) is 6.54 Å². The average Bonchev–Trinajstić information content (AvgIpc) is 2.88. The SMILES string of the molecule is C[C@H](NCCCn1ccnc1)c1ccc(Cl)cc1. The van der Waals surface area contributed by atoms with Gasteiger partial charge in [-0.3, -0.25) is 0 Å². The molecule has 1 heterocycles. The lowest BCUT2D eigenvalue weighted by molar-refractivity contribution is 0.526. The molecule has 4 heteroatoms. The Labute approximate surface area is 113 Å². The van der Waals surface area contributed by atoms with Crippen molar-refractivity contribution >= 4 is 11.6 Å². The number of nitrogens with one attached hydrogen (secondary N) is 1. The van der Waals surface area contributed by atoms with Gasteiger partial charge < -0.3 is 9.88 Å². The lowest BCUT2D eigenvalue weighted by Crippen LogP contribution is -2.20. The summed E-state index contributed by atoms with van der Waals surface area (Å²) in [5.74, 6) is 0. The number of imidazole rings is 1. The van der Waals surface area contributed by atoms with Crippen LogP contribution in [0.2, 0.25) is 5.02 Å². The molecule has 2 aromatic rings. The maximum atomic E-state index is 5.87. The molecule has 0 aliphatic rings. The third-order valence-corrected chi connectivity index (χ3v) is 3.22. The van der Waals surface area contributed by atoms with Crippen molar-refractivity contribution < 1.29 is 0 Å². The van der Waals surface area contributed by atoms with Gasteiger partial charge in [0.2, 0.25) is 0 Å². The summed E-state index contributed by atoms with van der Waals surface area (Å²) < 4.78 is 2.09. The Morgan fingerprint density at radius 1 is 1.33 bits per heavy atom. The first kappa shape index (κ1) is 13.1. The molecule has 0 saturated heterocycles. The second-order valence-electron chi connectivity index (χ2n) is 4.38. The van der Waals surface area contributed by atoms with Gasteiger partial charge in [-0.05, 0) is 37.6 Å². The summed E-state index contributed by atoms with van der Waals surface area (Å²) in [4.78, 5) is 4.02. The van der Waals surface area contributed by atoms with Crippen LogP contribution in [-0.4, -0.2) is 16.1 Å². The molecule has 0 saturated carbocycles. The van der Waals surface area contributed by atoms with Crippen molar-refractivity contribution in [3.8, 4) is 0 Å². The summed E-state index contributed by atoms with van der Waals surface area (Å²) in [6.07, 6.45) is 6.74. The third-order valence-electron chi connectivity index (χ3n) is 2.97. The minimum atomic E-state index is 0.352. The predicted octanol–water partition coefficient (Wildman–Crippen LogP) is 3.28. The van der Waals surface area contributed by atoms with Gasteiger partial charge in [-0.1, -0.05) is 23.7 Å². The van der Waals surface area contributed by atoms with Gasteiger partial charge in [-0.25, -0.2) is 4.98 Å². The van der Waals surface area contributed by atoms with Crippen LogP contribution in [0.25, 0.3) is 0 Å². The van der Waals surface area contributed by atoms with Gasteiger partial charge in [0.15, 0.2) is 0 Å². The van der Waals surface area contributed by atoms with E-state index in [1.165, 1.54) is 5.56 Å². The van der Waals surface area contributed by atoms with Crippen molar-refractivity contribution in [3.05, 3.63) is 53.6 Å². The molecule has 0 spiro atoms. The van der Waals surface area contributed by atoms with Gasteiger partial charge in [0.25, 0.3) is 0 Å². The molecular weight excluding hydrogens is 246 g/mol. The first-order chi connectivity index (χ1) is 8.75. The van der Waals surface area contributed by atoms with E-state index in [0.29, 0.717) is 6.04 Å². The number of aromatic nitrogens is 2. The van der Waals surface area contributed by atoms with Gasteiger partial charge in [0, 0.05) is 30.0 Å². The van der Waals surface area contributed by atoms with Crippen LogP contribution in [0.5, 0.6) is 0 Å². The maximum absolute atomic E-state index is 5.87. The minimum Gasteiger partial charge on any atom is -0.337 e. The Balaban J connectivity index is 1.71. The van der Waals surface area contributed by atoms with Gasteiger partial charge in [-0.2, -0.15) is 0 Å². The van der Waals surface area contributed by atoms with Crippen molar-refractivity contribution in [1.82, 2.24) is 14.9 Å². The Hall–Kier alpha value is -1.32. The zero-order valence-electron chi connectivity index (χ0n) is 10.5. The first-order valence-corrected chi connectivity index (χ1v) is 6.58. The molecule has 1 N–H and O–H groups in total. The van der Waals surface area contributed by atoms with Crippen LogP contribution in [0.4, 0.5) is 0 Å². The molecule has 1 atom stereocenters. The normalized spacial score (nSPS) is 12.6. The van der Waals surface area contributed by atoms with E-state index < -0.39 is 0 Å². The number of hydrogen-bond acceptors (Lipinski definition) is 2. The average molecular weight is 264 g/mol. The molecule has 3 nitrogen and oxygen atoms in total. The molecule has 0 bridgehead atoms. The van der Waals surface area contributed by atoms with Gasteiger partial charge in [-0.15, -0.1) is 0 Å². The van der Waals surface area contributed by atoms with Crippen LogP contribution in [0.1, 0.15) is 24.9 Å². The molecule has 0 unspecified atom stereocenters. The van der Waals surface area contributed by atoms with Crippen molar-refractivity contribution in [1.29, 1.82) is 0 Å². The number of rotatable bonds is 6. The van der Waals surface area contributed by atoms with E-state index in [4.69, 9.17) is 11.6 Å². The van der Waals surface area contributed by atoms with Crippen LogP contribution < -0.4 is 5.32 Å². The largest absolute Gasteiger partial charge is 0.337 e. The topological polar surface area (TPSA) is 29.9 Å². The van der Waals surface area contributed by atoms with E-state index in [1.54, 1.807) is 0 Å². The summed E-state index contributed by atoms with van der Waals surface area (Å²) >= 11 is 5.87. The van der Waals surface area contributed by atoms with Crippen LogP contribution in [-0.2, 0) is 6.54 Å². The first-order valence-electron chi connectivity index (χ1n) is 6.20. The monoisotopic (exact) mass is 263 g/mol. The Kier molecular flexibility index (Phi) is 4.79. The molecule has 1 aromatic carbocycles. The highest BCUT2D eigenvalue weighted by molar-refractivity contribution is 6.30. The lowest BCUT2D eigenvalue weighted by Gasteiger charge is -2.14. The van der Waals surface area contributed by atoms with E-state index >= 15 is 0 Å². The standard InChI is InChI=1S/C14H18ClN3/c1-12(13-3-5-14(15)6-4-13)17-7-2-9-18-10-8-16-11-18/h3-6,8,10-12,17H,2,7,9H2,1H3/t12-/m0/s1. The molecule has 0 aliphatic heterocycles. The summed E-state index contributed by atoms with van der Waals surface area (Å²) in [6, 6.07) is 8.34. The summed E-state index contributed by atoms with van der Waals surface area (Å²) in [5.41, 5.74) is 1.27. The summed E-state index contributed by atoms with van der Waals surface area (Å²) in [7, 11) is 0. The van der Waals surface area contributed by atoms with Gasteiger partial charge >= 0.3 is 0 Å². The summed E-state index contributed by atoms with van der Waals surface area (Å²) in [6.45, 7) is 4.16. The van der Waals surface area contributed by atoms with Crippen LogP contribution in [0.15, 0.2) is 43.0 Å². The Morgan fingerprint density at radius 2 is 2.11 bits per heavy atom. The van der Waals surface area contributed by atoms with E-state index in [9.17, 15) is 0 Å². The lowest BCUT2D eigenvalue weighted by atomic mass is 10.1. The second-order valence-corrected chi connectivity index (χ2v) is 4.82. The fraction of sp³-hybridized carbons (Fsp3) is 0.357. The van der Waals surface area contributed by atoms with Gasteiger partial charge in [0.05, 0.1) is 6.33 Å². The smallest absolute Gasteiger partial charge is 0.0945 e. The van der Waals surface area contributed by atoms with Crippen LogP contribution in [0.3, 0.4) is 0 Å².